The molecule has 0 saturated heterocycles. The van der Waals surface area contributed by atoms with E-state index in [0.29, 0.717) is 16.9 Å². The molecule has 0 unspecified atom stereocenters. The molecule has 1 aromatic heterocycles. The molecule has 2 N–H and O–H groups in total. The van der Waals surface area contributed by atoms with Crippen LogP contribution in [0.5, 0.6) is 0 Å². The fourth-order valence-electron chi connectivity index (χ4n) is 0.947. The van der Waals surface area contributed by atoms with Crippen LogP contribution in [-0.2, 0) is 0 Å². The van der Waals surface area contributed by atoms with Gasteiger partial charge >= 0.3 is 0 Å². The van der Waals surface area contributed by atoms with Crippen LogP contribution in [0.4, 0.5) is 11.5 Å². The first-order valence-electron chi connectivity index (χ1n) is 4.16. The summed E-state index contributed by atoms with van der Waals surface area (Å²) in [5.74, 6) is 0.806. The lowest BCUT2D eigenvalue weighted by Gasteiger charge is -2.22. The molecule has 0 radical (unpaired) electrons. The molecule has 0 aromatic carbocycles. The van der Waals surface area contributed by atoms with E-state index in [1.165, 1.54) is 0 Å². The van der Waals surface area contributed by atoms with Gasteiger partial charge in [-0.3, -0.25) is 0 Å². The zero-order chi connectivity index (χ0) is 10.0. The second-order valence-electron chi connectivity index (χ2n) is 3.29. The van der Waals surface area contributed by atoms with Crippen molar-refractivity contribution in [3.05, 3.63) is 17.3 Å². The van der Waals surface area contributed by atoms with Crippen molar-refractivity contribution in [2.45, 2.75) is 19.9 Å². The molecule has 0 fully saturated rings. The number of pyridine rings is 1. The molecule has 3 nitrogen and oxygen atoms in total. The minimum Gasteiger partial charge on any atom is -0.399 e. The SMILES string of the molecule is CC(C)N(C)c1cc(N)cc(Cl)n1. The van der Waals surface area contributed by atoms with Crippen molar-refractivity contribution < 1.29 is 0 Å². The van der Waals surface area contributed by atoms with E-state index in [2.05, 4.69) is 18.8 Å². The van der Waals surface area contributed by atoms with Crippen LogP contribution in [0.2, 0.25) is 5.15 Å². The lowest BCUT2D eigenvalue weighted by molar-refractivity contribution is 0.743. The van der Waals surface area contributed by atoms with E-state index in [1.807, 2.05) is 18.0 Å². The Morgan fingerprint density at radius 1 is 1.46 bits per heavy atom. The van der Waals surface area contributed by atoms with E-state index in [9.17, 15) is 0 Å². The van der Waals surface area contributed by atoms with Gasteiger partial charge in [0.25, 0.3) is 0 Å². The third-order valence-corrected chi connectivity index (χ3v) is 2.13. The van der Waals surface area contributed by atoms with Crippen LogP contribution < -0.4 is 10.6 Å². The van der Waals surface area contributed by atoms with Gasteiger partial charge in [0.2, 0.25) is 0 Å². The summed E-state index contributed by atoms with van der Waals surface area (Å²) in [6.07, 6.45) is 0. The smallest absolute Gasteiger partial charge is 0.133 e. The Hall–Kier alpha value is -0.960. The summed E-state index contributed by atoms with van der Waals surface area (Å²) in [5, 5.41) is 0.433. The fourth-order valence-corrected chi connectivity index (χ4v) is 1.16. The second-order valence-corrected chi connectivity index (χ2v) is 3.67. The maximum Gasteiger partial charge on any atom is 0.133 e. The minimum absolute atomic E-state index is 0.380. The number of hydrogen-bond donors (Lipinski definition) is 1. The summed E-state index contributed by atoms with van der Waals surface area (Å²) < 4.78 is 0. The van der Waals surface area contributed by atoms with Crippen molar-refractivity contribution in [3.63, 3.8) is 0 Å². The van der Waals surface area contributed by atoms with Crippen LogP contribution in [0.1, 0.15) is 13.8 Å². The van der Waals surface area contributed by atoms with Gasteiger partial charge in [-0.15, -0.1) is 0 Å². The van der Waals surface area contributed by atoms with Crippen molar-refractivity contribution >= 4 is 23.1 Å². The number of aromatic nitrogens is 1. The summed E-state index contributed by atoms with van der Waals surface area (Å²) in [4.78, 5) is 6.18. The highest BCUT2D eigenvalue weighted by Crippen LogP contribution is 2.19. The Morgan fingerprint density at radius 2 is 2.08 bits per heavy atom. The molecule has 1 aromatic rings. The van der Waals surface area contributed by atoms with Crippen molar-refractivity contribution in [3.8, 4) is 0 Å². The number of halogens is 1. The van der Waals surface area contributed by atoms with E-state index in [4.69, 9.17) is 17.3 Å². The molecule has 0 bridgehead atoms. The molecule has 1 rings (SSSR count). The van der Waals surface area contributed by atoms with E-state index >= 15 is 0 Å². The molecule has 0 spiro atoms. The number of nitrogens with zero attached hydrogens (tertiary/aromatic N) is 2. The molecular formula is C9H14ClN3. The van der Waals surface area contributed by atoms with Gasteiger partial charge in [0.1, 0.15) is 11.0 Å². The highest BCUT2D eigenvalue weighted by Gasteiger charge is 2.07. The van der Waals surface area contributed by atoms with Gasteiger partial charge in [0.05, 0.1) is 0 Å². The second kappa shape index (κ2) is 3.83. The van der Waals surface area contributed by atoms with Crippen molar-refractivity contribution in [2.24, 2.45) is 0 Å². The molecule has 13 heavy (non-hydrogen) atoms. The highest BCUT2D eigenvalue weighted by atomic mass is 35.5. The van der Waals surface area contributed by atoms with Gasteiger partial charge in [0, 0.05) is 24.8 Å². The molecule has 0 aliphatic carbocycles. The maximum atomic E-state index is 5.78. The van der Waals surface area contributed by atoms with Crippen LogP contribution in [0.25, 0.3) is 0 Å². The molecule has 0 aliphatic heterocycles. The first-order chi connectivity index (χ1) is 6.00. The topological polar surface area (TPSA) is 42.1 Å². The quantitative estimate of drug-likeness (QED) is 0.743. The maximum absolute atomic E-state index is 5.78. The van der Waals surface area contributed by atoms with Crippen LogP contribution in [0.3, 0.4) is 0 Å². The van der Waals surface area contributed by atoms with E-state index in [0.717, 1.165) is 5.82 Å². The first kappa shape index (κ1) is 10.1. The Kier molecular flexibility index (Phi) is 2.98. The molecule has 0 aliphatic rings. The Bertz CT molecular complexity index is 279. The van der Waals surface area contributed by atoms with Crippen LogP contribution in [-0.4, -0.2) is 18.1 Å². The summed E-state index contributed by atoms with van der Waals surface area (Å²) >= 11 is 5.78. The molecular weight excluding hydrogens is 186 g/mol. The molecule has 72 valence electrons. The summed E-state index contributed by atoms with van der Waals surface area (Å²) in [5.41, 5.74) is 6.29. The fraction of sp³-hybridized carbons (Fsp3) is 0.444. The molecule has 4 heteroatoms. The highest BCUT2D eigenvalue weighted by molar-refractivity contribution is 6.29. The van der Waals surface area contributed by atoms with Gasteiger partial charge in [-0.2, -0.15) is 0 Å². The predicted octanol–water partition coefficient (Wildman–Crippen LogP) is 2.16. The summed E-state index contributed by atoms with van der Waals surface area (Å²) in [6, 6.07) is 3.83. The van der Waals surface area contributed by atoms with Crippen molar-refractivity contribution in [2.75, 3.05) is 17.7 Å². The number of anilines is 2. The van der Waals surface area contributed by atoms with Crippen LogP contribution in [0, 0.1) is 0 Å². The van der Waals surface area contributed by atoms with E-state index < -0.39 is 0 Å². The molecule has 0 saturated carbocycles. The first-order valence-corrected chi connectivity index (χ1v) is 4.54. The Morgan fingerprint density at radius 3 is 2.54 bits per heavy atom. The number of nitrogens with two attached hydrogens (primary N) is 1. The largest absolute Gasteiger partial charge is 0.399 e. The monoisotopic (exact) mass is 199 g/mol. The third kappa shape index (κ3) is 2.49. The van der Waals surface area contributed by atoms with Crippen molar-refractivity contribution in [1.82, 2.24) is 4.98 Å². The molecule has 0 atom stereocenters. The average molecular weight is 200 g/mol. The zero-order valence-electron chi connectivity index (χ0n) is 8.08. The normalized spacial score (nSPS) is 10.5. The van der Waals surface area contributed by atoms with Crippen LogP contribution in [0.15, 0.2) is 12.1 Å². The zero-order valence-corrected chi connectivity index (χ0v) is 8.84. The van der Waals surface area contributed by atoms with Gasteiger partial charge in [-0.1, -0.05) is 11.6 Å². The van der Waals surface area contributed by atoms with Gasteiger partial charge < -0.3 is 10.6 Å². The molecule has 1 heterocycles. The predicted molar refractivity (Wildman–Crippen MR) is 57.2 cm³/mol. The van der Waals surface area contributed by atoms with E-state index in [-0.39, 0.29) is 0 Å². The van der Waals surface area contributed by atoms with Gasteiger partial charge in [-0.05, 0) is 19.9 Å². The Labute approximate surface area is 83.5 Å². The summed E-state index contributed by atoms with van der Waals surface area (Å²) in [7, 11) is 1.96. The number of nitrogen functional groups attached to an aromatic ring is 1. The van der Waals surface area contributed by atoms with Gasteiger partial charge in [0.15, 0.2) is 0 Å². The van der Waals surface area contributed by atoms with E-state index in [1.54, 1.807) is 6.07 Å². The van der Waals surface area contributed by atoms with Crippen molar-refractivity contribution in [1.29, 1.82) is 0 Å². The molecule has 0 amide bonds. The Balaban J connectivity index is 3.01. The summed E-state index contributed by atoms with van der Waals surface area (Å²) in [6.45, 7) is 4.16. The minimum atomic E-state index is 0.380. The van der Waals surface area contributed by atoms with Crippen LogP contribution >= 0.6 is 11.6 Å². The number of hydrogen-bond acceptors (Lipinski definition) is 3. The third-order valence-electron chi connectivity index (χ3n) is 1.94. The lowest BCUT2D eigenvalue weighted by atomic mass is 10.3. The van der Waals surface area contributed by atoms with Gasteiger partial charge in [-0.25, -0.2) is 4.98 Å². The lowest BCUT2D eigenvalue weighted by Crippen LogP contribution is -2.26. The number of rotatable bonds is 2. The average Bonchev–Trinajstić information content (AvgIpc) is 2.01. The standard InChI is InChI=1S/C9H14ClN3/c1-6(2)13(3)9-5-7(11)4-8(10)12-9/h4-6H,1-3H3,(H2,11,12).